The van der Waals surface area contributed by atoms with E-state index in [1.54, 1.807) is 0 Å². The van der Waals surface area contributed by atoms with E-state index in [0.717, 1.165) is 13.1 Å². The Balaban J connectivity index is 1.53. The smallest absolute Gasteiger partial charge is 0.224 e. The predicted octanol–water partition coefficient (Wildman–Crippen LogP) is 2.09. The fourth-order valence-corrected chi connectivity index (χ4v) is 5.16. The molecule has 5 rings (SSSR count). The van der Waals surface area contributed by atoms with Crippen LogP contribution >= 0.6 is 0 Å². The van der Waals surface area contributed by atoms with Gasteiger partial charge in [0.05, 0.1) is 30.0 Å². The Bertz CT molecular complexity index is 873. The maximum Gasteiger partial charge on any atom is 0.224 e. The minimum Gasteiger partial charge on any atom is -0.372 e. The third-order valence-corrected chi connectivity index (χ3v) is 6.34. The number of nitrogens with one attached hydrogen (secondary N) is 2. The molecule has 1 saturated carbocycles. The van der Waals surface area contributed by atoms with Gasteiger partial charge in [-0.15, -0.1) is 0 Å². The van der Waals surface area contributed by atoms with Crippen LogP contribution in [0.3, 0.4) is 0 Å². The molecular weight excluding hydrogens is 314 g/mol. The fourth-order valence-electron chi connectivity index (χ4n) is 5.16. The van der Waals surface area contributed by atoms with Crippen LogP contribution in [-0.4, -0.2) is 23.4 Å². The number of pyridine rings is 1. The highest BCUT2D eigenvalue weighted by Crippen LogP contribution is 2.49. The van der Waals surface area contributed by atoms with Crippen LogP contribution in [0.4, 0.5) is 0 Å². The summed E-state index contributed by atoms with van der Waals surface area (Å²) in [6.07, 6.45) is 2.11. The monoisotopic (exact) mass is 339 g/mol. The summed E-state index contributed by atoms with van der Waals surface area (Å²) in [4.78, 5) is 12.8. The van der Waals surface area contributed by atoms with Gasteiger partial charge in [-0.2, -0.15) is 0 Å². The van der Waals surface area contributed by atoms with Gasteiger partial charge in [0.1, 0.15) is 0 Å². The number of carbonyl (C=O) groups excluding carboxylic acids is 1. The van der Waals surface area contributed by atoms with E-state index >= 15 is 0 Å². The van der Waals surface area contributed by atoms with Crippen molar-refractivity contribution in [1.82, 2.24) is 15.0 Å². The zero-order valence-corrected chi connectivity index (χ0v) is 15.1. The second-order valence-electron chi connectivity index (χ2n) is 8.32. The number of carbonyl (C=O) groups is 1. The minimum absolute atomic E-state index is 0.195. The summed E-state index contributed by atoms with van der Waals surface area (Å²) in [6, 6.07) is 4.20. The van der Waals surface area contributed by atoms with E-state index in [-0.39, 0.29) is 11.8 Å². The second-order valence-corrected chi connectivity index (χ2v) is 8.32. The van der Waals surface area contributed by atoms with Gasteiger partial charge in [0.2, 0.25) is 5.91 Å². The van der Waals surface area contributed by atoms with Crippen molar-refractivity contribution in [3.63, 3.8) is 0 Å². The molecule has 3 atom stereocenters. The van der Waals surface area contributed by atoms with Crippen LogP contribution in [0.5, 0.6) is 0 Å². The van der Waals surface area contributed by atoms with Crippen molar-refractivity contribution in [2.75, 3.05) is 13.1 Å². The van der Waals surface area contributed by atoms with Crippen molar-refractivity contribution < 1.29 is 9.53 Å². The zero-order chi connectivity index (χ0) is 17.3. The molecule has 0 bridgehead atoms. The topological polar surface area (TPSA) is 54.8 Å². The van der Waals surface area contributed by atoms with Crippen LogP contribution in [0.25, 0.3) is 5.52 Å². The normalized spacial score (nSPS) is 27.4. The molecule has 1 saturated heterocycles. The fraction of sp³-hybridized carbons (Fsp3) is 0.550. The van der Waals surface area contributed by atoms with E-state index in [1.807, 2.05) is 0 Å². The summed E-state index contributed by atoms with van der Waals surface area (Å²) in [5.41, 5.74) is 5.72. The van der Waals surface area contributed by atoms with Crippen LogP contribution in [0.2, 0.25) is 0 Å². The number of nitrogens with zero attached hydrogens (tertiary/aromatic N) is 1. The molecule has 132 valence electrons. The number of amides is 1. The van der Waals surface area contributed by atoms with Crippen LogP contribution in [-0.2, 0) is 28.3 Å². The second kappa shape index (κ2) is 5.08. The Labute approximate surface area is 147 Å². The van der Waals surface area contributed by atoms with Crippen molar-refractivity contribution in [1.29, 1.82) is 0 Å². The number of hydrogen-bond donors (Lipinski definition) is 2. The first-order valence-electron chi connectivity index (χ1n) is 9.21. The predicted molar refractivity (Wildman–Crippen MR) is 95.1 cm³/mol. The number of aromatic nitrogens is 1. The van der Waals surface area contributed by atoms with Crippen molar-refractivity contribution in [2.24, 2.45) is 17.8 Å². The standard InChI is InChI=1S/C20H25N3O2/c1-11-15-10-25-9-12-5-4-6-23(17(12)15)18(11)20(2,3)22-19(24)16-13-7-21-8-14(13)16/h4-6,13-14,16,21H,7-10H2,1-3H3,(H,22,24)/t13-,14+,16?. The molecule has 0 spiro atoms. The summed E-state index contributed by atoms with van der Waals surface area (Å²) >= 11 is 0. The molecule has 1 unspecified atom stereocenters. The van der Waals surface area contributed by atoms with Crippen molar-refractivity contribution in [3.8, 4) is 0 Å². The van der Waals surface area contributed by atoms with Gasteiger partial charge < -0.3 is 19.8 Å². The van der Waals surface area contributed by atoms with Crippen LogP contribution < -0.4 is 10.6 Å². The molecule has 0 radical (unpaired) electrons. The SMILES string of the molecule is Cc1c2c3c(cccn3c1C(C)(C)NC(=O)C1[C@H]3CNC[C@@H]13)COC2. The Kier molecular flexibility index (Phi) is 3.13. The van der Waals surface area contributed by atoms with Gasteiger partial charge >= 0.3 is 0 Å². The third-order valence-electron chi connectivity index (χ3n) is 6.34. The molecule has 1 amide bonds. The first-order chi connectivity index (χ1) is 12.0. The highest BCUT2D eigenvalue weighted by Gasteiger charge is 2.57. The quantitative estimate of drug-likeness (QED) is 0.900. The van der Waals surface area contributed by atoms with E-state index in [4.69, 9.17) is 4.74 Å². The number of fused-ring (bicyclic) bond motifs is 1. The molecule has 3 aliphatic rings. The number of rotatable bonds is 3. The molecule has 2 aromatic rings. The molecule has 0 aromatic carbocycles. The Hall–Kier alpha value is -1.85. The van der Waals surface area contributed by atoms with Gasteiger partial charge in [0.15, 0.2) is 0 Å². The summed E-state index contributed by atoms with van der Waals surface area (Å²) < 4.78 is 8.03. The lowest BCUT2D eigenvalue weighted by atomic mass is 9.95. The number of piperidine rings is 1. The first kappa shape index (κ1) is 15.4. The van der Waals surface area contributed by atoms with Gasteiger partial charge in [0, 0.05) is 23.2 Å². The van der Waals surface area contributed by atoms with Crippen molar-refractivity contribution >= 4 is 11.4 Å². The van der Waals surface area contributed by atoms with Gasteiger partial charge in [0.25, 0.3) is 0 Å². The molecule has 1 aliphatic carbocycles. The van der Waals surface area contributed by atoms with E-state index in [0.29, 0.717) is 25.0 Å². The van der Waals surface area contributed by atoms with Crippen LogP contribution in [0.15, 0.2) is 18.3 Å². The highest BCUT2D eigenvalue weighted by molar-refractivity contribution is 5.83. The van der Waals surface area contributed by atoms with E-state index in [2.05, 4.69) is 54.1 Å². The average molecular weight is 339 g/mol. The Morgan fingerprint density at radius 3 is 2.84 bits per heavy atom. The van der Waals surface area contributed by atoms with Gasteiger partial charge in [-0.05, 0) is 57.3 Å². The number of hydrogen-bond acceptors (Lipinski definition) is 3. The lowest BCUT2D eigenvalue weighted by molar-refractivity contribution is -0.124. The zero-order valence-electron chi connectivity index (χ0n) is 15.1. The van der Waals surface area contributed by atoms with Gasteiger partial charge in [-0.1, -0.05) is 6.07 Å². The lowest BCUT2D eigenvalue weighted by Gasteiger charge is -2.28. The third kappa shape index (κ3) is 2.12. The summed E-state index contributed by atoms with van der Waals surface area (Å²) in [5.74, 6) is 1.48. The van der Waals surface area contributed by atoms with Crippen LogP contribution in [0.1, 0.15) is 36.2 Å². The summed E-state index contributed by atoms with van der Waals surface area (Å²) in [6.45, 7) is 9.67. The van der Waals surface area contributed by atoms with E-state index in [1.165, 1.54) is 27.9 Å². The van der Waals surface area contributed by atoms with Gasteiger partial charge in [-0.3, -0.25) is 4.79 Å². The molecule has 4 heterocycles. The molecule has 5 nitrogen and oxygen atoms in total. The highest BCUT2D eigenvalue weighted by atomic mass is 16.5. The lowest BCUT2D eigenvalue weighted by Crippen LogP contribution is -2.44. The molecular formula is C20H25N3O2. The van der Waals surface area contributed by atoms with E-state index < -0.39 is 5.54 Å². The maximum absolute atomic E-state index is 12.8. The molecule has 2 fully saturated rings. The number of ether oxygens (including phenoxy) is 1. The van der Waals surface area contributed by atoms with Crippen molar-refractivity contribution in [2.45, 2.75) is 39.5 Å². The molecule has 25 heavy (non-hydrogen) atoms. The molecule has 5 heteroatoms. The molecule has 2 N–H and O–H groups in total. The first-order valence-corrected chi connectivity index (χ1v) is 9.21. The summed E-state index contributed by atoms with van der Waals surface area (Å²) in [7, 11) is 0. The maximum atomic E-state index is 12.8. The van der Waals surface area contributed by atoms with Crippen LogP contribution in [0, 0.1) is 24.7 Å². The summed E-state index contributed by atoms with van der Waals surface area (Å²) in [5, 5.41) is 6.71. The van der Waals surface area contributed by atoms with E-state index in [9.17, 15) is 4.79 Å². The molecule has 2 aliphatic heterocycles. The van der Waals surface area contributed by atoms with Gasteiger partial charge in [-0.25, -0.2) is 0 Å². The largest absolute Gasteiger partial charge is 0.372 e. The average Bonchev–Trinajstić information content (AvgIpc) is 2.91. The molecule has 2 aromatic heterocycles. The van der Waals surface area contributed by atoms with Crippen molar-refractivity contribution in [3.05, 3.63) is 40.7 Å². The minimum atomic E-state index is -0.421. The Morgan fingerprint density at radius 1 is 1.32 bits per heavy atom. The Morgan fingerprint density at radius 2 is 2.08 bits per heavy atom.